The summed E-state index contributed by atoms with van der Waals surface area (Å²) in [6, 6.07) is 5.45. The van der Waals surface area contributed by atoms with Gasteiger partial charge in [-0.3, -0.25) is 4.79 Å². The molecule has 0 aliphatic heterocycles. The molecule has 0 fully saturated rings. The third-order valence-electron chi connectivity index (χ3n) is 2.03. The van der Waals surface area contributed by atoms with Crippen molar-refractivity contribution in [3.8, 4) is 0 Å². The van der Waals surface area contributed by atoms with Gasteiger partial charge in [-0.15, -0.1) is 0 Å². The van der Waals surface area contributed by atoms with E-state index in [0.717, 1.165) is 11.3 Å². The smallest absolute Gasteiger partial charge is 0.226 e. The van der Waals surface area contributed by atoms with Crippen LogP contribution in [0.4, 0.5) is 11.4 Å². The second-order valence-electron chi connectivity index (χ2n) is 3.72. The molecule has 0 aliphatic rings. The molecule has 0 radical (unpaired) electrons. The lowest BCUT2D eigenvalue weighted by molar-refractivity contribution is -0.118. The predicted molar refractivity (Wildman–Crippen MR) is 59.1 cm³/mol. The van der Waals surface area contributed by atoms with Gasteiger partial charge in [-0.25, -0.2) is 0 Å². The number of hydrogen-bond donors (Lipinski definition) is 2. The Labute approximate surface area is 84.3 Å². The van der Waals surface area contributed by atoms with Crippen LogP contribution in [0, 0.1) is 12.8 Å². The van der Waals surface area contributed by atoms with E-state index in [4.69, 9.17) is 5.73 Å². The van der Waals surface area contributed by atoms with E-state index < -0.39 is 0 Å². The predicted octanol–water partition coefficient (Wildman–Crippen LogP) is 2.17. The van der Waals surface area contributed by atoms with Crippen molar-refractivity contribution in [1.29, 1.82) is 0 Å². The first-order valence-electron chi connectivity index (χ1n) is 4.67. The quantitative estimate of drug-likeness (QED) is 0.705. The molecule has 3 nitrogen and oxygen atoms in total. The molecule has 1 amide bonds. The van der Waals surface area contributed by atoms with Crippen molar-refractivity contribution in [2.75, 3.05) is 11.1 Å². The molecular weight excluding hydrogens is 176 g/mol. The highest BCUT2D eigenvalue weighted by molar-refractivity contribution is 5.92. The Morgan fingerprint density at radius 2 is 2.07 bits per heavy atom. The Kier molecular flexibility index (Phi) is 3.12. The Balaban J connectivity index is 2.82. The van der Waals surface area contributed by atoms with Crippen LogP contribution in [-0.2, 0) is 4.79 Å². The van der Waals surface area contributed by atoms with E-state index in [9.17, 15) is 4.79 Å². The first kappa shape index (κ1) is 10.6. The first-order chi connectivity index (χ1) is 6.50. The van der Waals surface area contributed by atoms with E-state index in [1.54, 1.807) is 6.07 Å². The Bertz CT molecular complexity index is 345. The lowest BCUT2D eigenvalue weighted by Gasteiger charge is -2.10. The van der Waals surface area contributed by atoms with Crippen LogP contribution in [0.25, 0.3) is 0 Å². The monoisotopic (exact) mass is 192 g/mol. The molecule has 3 N–H and O–H groups in total. The Morgan fingerprint density at radius 1 is 1.43 bits per heavy atom. The Morgan fingerprint density at radius 3 is 2.57 bits per heavy atom. The molecular formula is C11H16N2O. The molecule has 14 heavy (non-hydrogen) atoms. The molecule has 0 heterocycles. The van der Waals surface area contributed by atoms with Crippen molar-refractivity contribution in [1.82, 2.24) is 0 Å². The SMILES string of the molecule is Cc1cc(N)ccc1NC(=O)C(C)C. The molecule has 0 unspecified atom stereocenters. The van der Waals surface area contributed by atoms with Crippen LogP contribution in [-0.4, -0.2) is 5.91 Å². The number of nitrogen functional groups attached to an aromatic ring is 1. The van der Waals surface area contributed by atoms with Gasteiger partial charge in [0, 0.05) is 17.3 Å². The average molecular weight is 192 g/mol. The number of hydrogen-bond acceptors (Lipinski definition) is 2. The zero-order chi connectivity index (χ0) is 10.7. The van der Waals surface area contributed by atoms with Crippen molar-refractivity contribution >= 4 is 17.3 Å². The van der Waals surface area contributed by atoms with Crippen molar-refractivity contribution < 1.29 is 4.79 Å². The van der Waals surface area contributed by atoms with E-state index in [1.165, 1.54) is 0 Å². The highest BCUT2D eigenvalue weighted by atomic mass is 16.1. The van der Waals surface area contributed by atoms with Crippen LogP contribution in [0.5, 0.6) is 0 Å². The normalized spacial score (nSPS) is 10.3. The lowest BCUT2D eigenvalue weighted by Crippen LogP contribution is -2.18. The molecule has 0 spiro atoms. The van der Waals surface area contributed by atoms with Gasteiger partial charge in [0.25, 0.3) is 0 Å². The molecule has 0 saturated heterocycles. The van der Waals surface area contributed by atoms with Crippen LogP contribution < -0.4 is 11.1 Å². The Hall–Kier alpha value is -1.51. The summed E-state index contributed by atoms with van der Waals surface area (Å²) in [4.78, 5) is 11.4. The maximum atomic E-state index is 11.4. The number of aryl methyl sites for hydroxylation is 1. The van der Waals surface area contributed by atoms with E-state index in [1.807, 2.05) is 32.9 Å². The number of anilines is 2. The number of nitrogens with two attached hydrogens (primary N) is 1. The summed E-state index contributed by atoms with van der Waals surface area (Å²) in [5.41, 5.74) is 8.13. The molecule has 1 rings (SSSR count). The molecule has 1 aromatic carbocycles. The maximum absolute atomic E-state index is 11.4. The average Bonchev–Trinajstić information content (AvgIpc) is 2.09. The van der Waals surface area contributed by atoms with Gasteiger partial charge in [0.2, 0.25) is 5.91 Å². The fraction of sp³-hybridized carbons (Fsp3) is 0.364. The van der Waals surface area contributed by atoms with Crippen LogP contribution in [0.2, 0.25) is 0 Å². The molecule has 0 saturated carbocycles. The third-order valence-corrected chi connectivity index (χ3v) is 2.03. The van der Waals surface area contributed by atoms with Crippen LogP contribution in [0.15, 0.2) is 18.2 Å². The van der Waals surface area contributed by atoms with Gasteiger partial charge in [-0.2, -0.15) is 0 Å². The topological polar surface area (TPSA) is 55.1 Å². The third kappa shape index (κ3) is 2.49. The molecule has 76 valence electrons. The largest absolute Gasteiger partial charge is 0.399 e. The van der Waals surface area contributed by atoms with Gasteiger partial charge in [0.15, 0.2) is 0 Å². The summed E-state index contributed by atoms with van der Waals surface area (Å²) in [5, 5.41) is 2.84. The fourth-order valence-corrected chi connectivity index (χ4v) is 1.10. The van der Waals surface area contributed by atoms with E-state index in [-0.39, 0.29) is 11.8 Å². The van der Waals surface area contributed by atoms with Crippen molar-refractivity contribution in [2.45, 2.75) is 20.8 Å². The van der Waals surface area contributed by atoms with Gasteiger partial charge >= 0.3 is 0 Å². The van der Waals surface area contributed by atoms with Crippen LogP contribution >= 0.6 is 0 Å². The minimum Gasteiger partial charge on any atom is -0.399 e. The number of carbonyl (C=O) groups excluding carboxylic acids is 1. The van der Waals surface area contributed by atoms with Crippen LogP contribution in [0.1, 0.15) is 19.4 Å². The van der Waals surface area contributed by atoms with Crippen molar-refractivity contribution in [3.63, 3.8) is 0 Å². The van der Waals surface area contributed by atoms with E-state index in [0.29, 0.717) is 5.69 Å². The minimum absolute atomic E-state index is 0.00745. The highest BCUT2D eigenvalue weighted by Gasteiger charge is 2.08. The zero-order valence-corrected chi connectivity index (χ0v) is 8.79. The van der Waals surface area contributed by atoms with E-state index in [2.05, 4.69) is 5.32 Å². The lowest BCUT2D eigenvalue weighted by atomic mass is 10.1. The molecule has 1 aromatic rings. The first-order valence-corrected chi connectivity index (χ1v) is 4.67. The standard InChI is InChI=1S/C11H16N2O/c1-7(2)11(14)13-10-5-4-9(12)6-8(10)3/h4-7H,12H2,1-3H3,(H,13,14). The maximum Gasteiger partial charge on any atom is 0.226 e. The summed E-state index contributed by atoms with van der Waals surface area (Å²) in [6.45, 7) is 5.65. The van der Waals surface area contributed by atoms with Crippen LogP contribution in [0.3, 0.4) is 0 Å². The minimum atomic E-state index is -0.00745. The zero-order valence-electron chi connectivity index (χ0n) is 8.79. The molecule has 0 bridgehead atoms. The van der Waals surface area contributed by atoms with Crippen molar-refractivity contribution in [2.24, 2.45) is 5.92 Å². The molecule has 0 atom stereocenters. The van der Waals surface area contributed by atoms with Gasteiger partial charge in [-0.05, 0) is 30.7 Å². The summed E-state index contributed by atoms with van der Waals surface area (Å²) >= 11 is 0. The second kappa shape index (κ2) is 4.13. The van der Waals surface area contributed by atoms with Gasteiger partial charge < -0.3 is 11.1 Å². The summed E-state index contributed by atoms with van der Waals surface area (Å²) < 4.78 is 0. The summed E-state index contributed by atoms with van der Waals surface area (Å²) in [7, 11) is 0. The number of amides is 1. The highest BCUT2D eigenvalue weighted by Crippen LogP contribution is 2.18. The molecule has 3 heteroatoms. The summed E-state index contributed by atoms with van der Waals surface area (Å²) in [5.74, 6) is 0.0184. The van der Waals surface area contributed by atoms with Gasteiger partial charge in [-0.1, -0.05) is 13.8 Å². The fourth-order valence-electron chi connectivity index (χ4n) is 1.10. The van der Waals surface area contributed by atoms with Crippen molar-refractivity contribution in [3.05, 3.63) is 23.8 Å². The van der Waals surface area contributed by atoms with E-state index >= 15 is 0 Å². The van der Waals surface area contributed by atoms with Gasteiger partial charge in [0.05, 0.1) is 0 Å². The molecule has 0 aliphatic carbocycles. The number of carbonyl (C=O) groups is 1. The van der Waals surface area contributed by atoms with Gasteiger partial charge in [0.1, 0.15) is 0 Å². The number of rotatable bonds is 2. The second-order valence-corrected chi connectivity index (χ2v) is 3.72. The molecule has 0 aromatic heterocycles. The summed E-state index contributed by atoms with van der Waals surface area (Å²) in [6.07, 6.45) is 0. The number of benzene rings is 1. The number of nitrogens with one attached hydrogen (secondary N) is 1.